The maximum absolute atomic E-state index is 11.3. The second-order valence-corrected chi connectivity index (χ2v) is 4.52. The van der Waals surface area contributed by atoms with Crippen LogP contribution in [0.15, 0.2) is 36.8 Å². The minimum atomic E-state index is -0.971. The third kappa shape index (κ3) is 2.11. The lowest BCUT2D eigenvalue weighted by atomic mass is 10.1. The van der Waals surface area contributed by atoms with Gasteiger partial charge in [-0.3, -0.25) is 4.98 Å². The molecule has 3 aromatic heterocycles. The summed E-state index contributed by atoms with van der Waals surface area (Å²) in [5.41, 5.74) is 2.44. The van der Waals surface area contributed by atoms with E-state index in [1.807, 2.05) is 12.1 Å². The standard InChI is InChI=1S/C14H12N4O2/c1-9-5-11(14(19)20)12-7-16-18(13(12)17-9)8-10-3-2-4-15-6-10/h2-7H,8H2,1H3,(H,19,20). The monoisotopic (exact) mass is 268 g/mol. The number of hydrogen-bond acceptors (Lipinski definition) is 4. The van der Waals surface area contributed by atoms with Crippen molar-refractivity contribution >= 4 is 17.0 Å². The molecule has 0 saturated heterocycles. The first-order chi connectivity index (χ1) is 9.65. The molecule has 3 rings (SSSR count). The first-order valence-electron chi connectivity index (χ1n) is 6.10. The molecule has 100 valence electrons. The van der Waals surface area contributed by atoms with Crippen molar-refractivity contribution in [1.29, 1.82) is 0 Å². The Labute approximate surface area is 114 Å². The Kier molecular flexibility index (Phi) is 2.90. The minimum absolute atomic E-state index is 0.227. The molecule has 6 nitrogen and oxygen atoms in total. The second kappa shape index (κ2) is 4.73. The number of carbonyl (C=O) groups is 1. The van der Waals surface area contributed by atoms with Crippen molar-refractivity contribution in [1.82, 2.24) is 19.7 Å². The normalized spacial score (nSPS) is 10.8. The third-order valence-corrected chi connectivity index (χ3v) is 3.02. The van der Waals surface area contributed by atoms with Gasteiger partial charge in [0.1, 0.15) is 0 Å². The molecule has 0 aliphatic carbocycles. The second-order valence-electron chi connectivity index (χ2n) is 4.52. The van der Waals surface area contributed by atoms with Crippen LogP contribution < -0.4 is 0 Å². The summed E-state index contributed by atoms with van der Waals surface area (Å²) in [4.78, 5) is 19.7. The van der Waals surface area contributed by atoms with E-state index in [1.165, 1.54) is 0 Å². The van der Waals surface area contributed by atoms with Crippen LogP contribution in [0.1, 0.15) is 21.6 Å². The van der Waals surface area contributed by atoms with Crippen molar-refractivity contribution in [3.05, 3.63) is 53.6 Å². The zero-order chi connectivity index (χ0) is 14.1. The smallest absolute Gasteiger partial charge is 0.336 e. The van der Waals surface area contributed by atoms with Crippen LogP contribution in [0.4, 0.5) is 0 Å². The van der Waals surface area contributed by atoms with Crippen molar-refractivity contribution in [2.45, 2.75) is 13.5 Å². The fourth-order valence-corrected chi connectivity index (χ4v) is 2.13. The summed E-state index contributed by atoms with van der Waals surface area (Å²) in [6.07, 6.45) is 5.00. The average Bonchev–Trinajstić information content (AvgIpc) is 2.82. The molecule has 3 heterocycles. The first-order valence-corrected chi connectivity index (χ1v) is 6.10. The predicted octanol–water partition coefficient (Wildman–Crippen LogP) is 1.88. The van der Waals surface area contributed by atoms with E-state index < -0.39 is 5.97 Å². The van der Waals surface area contributed by atoms with Crippen LogP contribution in [-0.2, 0) is 6.54 Å². The fraction of sp³-hybridized carbons (Fsp3) is 0.143. The van der Waals surface area contributed by atoms with E-state index in [0.717, 1.165) is 5.56 Å². The Bertz CT molecular complexity index is 780. The molecule has 0 spiro atoms. The van der Waals surface area contributed by atoms with Crippen molar-refractivity contribution in [2.75, 3.05) is 0 Å². The highest BCUT2D eigenvalue weighted by molar-refractivity contribution is 6.01. The van der Waals surface area contributed by atoms with Crippen molar-refractivity contribution in [3.63, 3.8) is 0 Å². The summed E-state index contributed by atoms with van der Waals surface area (Å²) in [5, 5.41) is 14.0. The van der Waals surface area contributed by atoms with Gasteiger partial charge in [-0.1, -0.05) is 6.07 Å². The van der Waals surface area contributed by atoms with Crippen LogP contribution in [0.5, 0.6) is 0 Å². The quantitative estimate of drug-likeness (QED) is 0.784. The molecule has 3 aromatic rings. The Morgan fingerprint density at radius 1 is 1.40 bits per heavy atom. The number of nitrogens with zero attached hydrogens (tertiary/aromatic N) is 4. The molecule has 0 radical (unpaired) electrons. The molecule has 0 aliphatic heterocycles. The predicted molar refractivity (Wildman–Crippen MR) is 72.6 cm³/mol. The summed E-state index contributed by atoms with van der Waals surface area (Å²) >= 11 is 0. The third-order valence-electron chi connectivity index (χ3n) is 3.02. The highest BCUT2D eigenvalue weighted by atomic mass is 16.4. The van der Waals surface area contributed by atoms with Gasteiger partial charge < -0.3 is 5.11 Å². The van der Waals surface area contributed by atoms with Crippen molar-refractivity contribution < 1.29 is 9.90 Å². The maximum Gasteiger partial charge on any atom is 0.336 e. The van der Waals surface area contributed by atoms with Gasteiger partial charge in [0.05, 0.1) is 23.7 Å². The Balaban J connectivity index is 2.12. The van der Waals surface area contributed by atoms with Gasteiger partial charge in [-0.25, -0.2) is 14.5 Å². The first kappa shape index (κ1) is 12.3. The molecule has 0 atom stereocenters. The summed E-state index contributed by atoms with van der Waals surface area (Å²) in [6.45, 7) is 2.28. The number of aromatic nitrogens is 4. The van der Waals surface area contributed by atoms with E-state index in [1.54, 1.807) is 36.3 Å². The summed E-state index contributed by atoms with van der Waals surface area (Å²) in [6, 6.07) is 5.34. The van der Waals surface area contributed by atoms with E-state index in [0.29, 0.717) is 23.3 Å². The number of aryl methyl sites for hydroxylation is 1. The molecular formula is C14H12N4O2. The molecule has 20 heavy (non-hydrogen) atoms. The topological polar surface area (TPSA) is 80.9 Å². The molecule has 0 unspecified atom stereocenters. The maximum atomic E-state index is 11.3. The van der Waals surface area contributed by atoms with E-state index in [-0.39, 0.29) is 5.56 Å². The highest BCUT2D eigenvalue weighted by Crippen LogP contribution is 2.19. The van der Waals surface area contributed by atoms with Gasteiger partial charge in [0, 0.05) is 18.1 Å². The van der Waals surface area contributed by atoms with Crippen LogP contribution >= 0.6 is 0 Å². The van der Waals surface area contributed by atoms with Crippen molar-refractivity contribution in [2.24, 2.45) is 0 Å². The number of rotatable bonds is 3. The lowest BCUT2D eigenvalue weighted by Crippen LogP contribution is -2.05. The van der Waals surface area contributed by atoms with Gasteiger partial charge >= 0.3 is 5.97 Å². The molecule has 1 N–H and O–H groups in total. The van der Waals surface area contributed by atoms with Gasteiger partial charge in [0.25, 0.3) is 0 Å². The lowest BCUT2D eigenvalue weighted by molar-refractivity contribution is 0.0699. The fourth-order valence-electron chi connectivity index (χ4n) is 2.13. The van der Waals surface area contributed by atoms with Crippen LogP contribution in [0.2, 0.25) is 0 Å². The van der Waals surface area contributed by atoms with Crippen LogP contribution in [-0.4, -0.2) is 30.8 Å². The number of carboxylic acids is 1. The zero-order valence-corrected chi connectivity index (χ0v) is 10.8. The minimum Gasteiger partial charge on any atom is -0.478 e. The SMILES string of the molecule is Cc1cc(C(=O)O)c2cnn(Cc3cccnc3)c2n1. The average molecular weight is 268 g/mol. The van der Waals surface area contributed by atoms with Gasteiger partial charge in [0.2, 0.25) is 0 Å². The molecule has 0 bridgehead atoms. The summed E-state index contributed by atoms with van der Waals surface area (Å²) in [5.74, 6) is -0.971. The van der Waals surface area contributed by atoms with E-state index in [4.69, 9.17) is 0 Å². The van der Waals surface area contributed by atoms with Gasteiger partial charge in [-0.15, -0.1) is 0 Å². The van der Waals surface area contributed by atoms with E-state index in [9.17, 15) is 9.90 Å². The van der Waals surface area contributed by atoms with E-state index in [2.05, 4.69) is 15.1 Å². The Morgan fingerprint density at radius 3 is 2.95 bits per heavy atom. The number of fused-ring (bicyclic) bond motifs is 1. The number of pyridine rings is 2. The molecule has 0 amide bonds. The molecule has 0 aromatic carbocycles. The zero-order valence-electron chi connectivity index (χ0n) is 10.8. The van der Waals surface area contributed by atoms with Gasteiger partial charge in [-0.2, -0.15) is 5.10 Å². The number of aromatic carboxylic acids is 1. The number of carboxylic acid groups (broad SMARTS) is 1. The van der Waals surface area contributed by atoms with Crippen molar-refractivity contribution in [3.8, 4) is 0 Å². The van der Waals surface area contributed by atoms with E-state index >= 15 is 0 Å². The van der Waals surface area contributed by atoms with Crippen LogP contribution in [0, 0.1) is 6.92 Å². The van der Waals surface area contributed by atoms with Crippen LogP contribution in [0.25, 0.3) is 11.0 Å². The molecular weight excluding hydrogens is 256 g/mol. The number of hydrogen-bond donors (Lipinski definition) is 1. The molecule has 0 aliphatic rings. The summed E-state index contributed by atoms with van der Waals surface area (Å²) < 4.78 is 1.69. The highest BCUT2D eigenvalue weighted by Gasteiger charge is 2.14. The molecule has 6 heteroatoms. The summed E-state index contributed by atoms with van der Waals surface area (Å²) in [7, 11) is 0. The largest absolute Gasteiger partial charge is 0.478 e. The lowest BCUT2D eigenvalue weighted by Gasteiger charge is -2.04. The van der Waals surface area contributed by atoms with Gasteiger partial charge in [-0.05, 0) is 24.6 Å². The van der Waals surface area contributed by atoms with Gasteiger partial charge in [0.15, 0.2) is 5.65 Å². The van der Waals surface area contributed by atoms with Crippen LogP contribution in [0.3, 0.4) is 0 Å². The Hall–Kier alpha value is -2.76. The molecule has 0 fully saturated rings. The Morgan fingerprint density at radius 2 is 2.25 bits per heavy atom. The molecule has 0 saturated carbocycles.